The number of hydrogen-bond acceptors (Lipinski definition) is 6. The lowest BCUT2D eigenvalue weighted by Gasteiger charge is -2.34. The van der Waals surface area contributed by atoms with E-state index in [0.717, 1.165) is 25.2 Å². The van der Waals surface area contributed by atoms with E-state index in [9.17, 15) is 4.79 Å². The van der Waals surface area contributed by atoms with Crippen molar-refractivity contribution in [2.75, 3.05) is 30.4 Å². The Morgan fingerprint density at radius 3 is 2.83 bits per heavy atom. The van der Waals surface area contributed by atoms with Gasteiger partial charge in [0.2, 0.25) is 5.95 Å². The van der Waals surface area contributed by atoms with Crippen LogP contribution in [-0.4, -0.2) is 47.8 Å². The third-order valence-electron chi connectivity index (χ3n) is 3.37. The summed E-state index contributed by atoms with van der Waals surface area (Å²) in [5.74, 6) is 1.24. The molecule has 1 aliphatic rings. The molecular formula is C15H24ClN5O2. The second-order valence-electron chi connectivity index (χ2n) is 6.55. The van der Waals surface area contributed by atoms with Crippen molar-refractivity contribution in [3.05, 3.63) is 11.2 Å². The molecule has 0 bridgehead atoms. The van der Waals surface area contributed by atoms with Gasteiger partial charge in [0, 0.05) is 32.2 Å². The van der Waals surface area contributed by atoms with Gasteiger partial charge >= 0.3 is 6.09 Å². The van der Waals surface area contributed by atoms with Crippen LogP contribution in [0.4, 0.5) is 16.6 Å². The number of ether oxygens (including phenoxy) is 1. The van der Waals surface area contributed by atoms with Gasteiger partial charge in [0.05, 0.1) is 0 Å². The molecule has 0 aliphatic carbocycles. The summed E-state index contributed by atoms with van der Waals surface area (Å²) < 4.78 is 5.31. The molecule has 0 aromatic carbocycles. The Labute approximate surface area is 141 Å². The van der Waals surface area contributed by atoms with E-state index < -0.39 is 5.60 Å². The molecule has 1 unspecified atom stereocenters. The monoisotopic (exact) mass is 341 g/mol. The molecule has 8 heteroatoms. The number of amides is 1. The molecule has 1 saturated heterocycles. The van der Waals surface area contributed by atoms with E-state index in [1.807, 2.05) is 20.8 Å². The molecule has 0 spiro atoms. The average Bonchev–Trinajstić information content (AvgIpc) is 2.44. The van der Waals surface area contributed by atoms with E-state index in [1.165, 1.54) is 0 Å². The van der Waals surface area contributed by atoms with Crippen molar-refractivity contribution in [1.29, 1.82) is 0 Å². The second kappa shape index (κ2) is 7.21. The first kappa shape index (κ1) is 17.6. The van der Waals surface area contributed by atoms with Crippen molar-refractivity contribution in [2.45, 2.75) is 45.3 Å². The first-order valence-corrected chi connectivity index (χ1v) is 8.11. The summed E-state index contributed by atoms with van der Waals surface area (Å²) >= 11 is 6.03. The third-order valence-corrected chi connectivity index (χ3v) is 3.56. The summed E-state index contributed by atoms with van der Waals surface area (Å²) in [6, 6.07) is 1.75. The minimum Gasteiger partial charge on any atom is -0.444 e. The fourth-order valence-corrected chi connectivity index (χ4v) is 2.63. The number of rotatable bonds is 3. The summed E-state index contributed by atoms with van der Waals surface area (Å²) in [5, 5.41) is 6.21. The van der Waals surface area contributed by atoms with Gasteiger partial charge in [0.1, 0.15) is 16.6 Å². The molecule has 128 valence electrons. The van der Waals surface area contributed by atoms with Crippen molar-refractivity contribution in [3.63, 3.8) is 0 Å². The Kier molecular flexibility index (Phi) is 5.51. The van der Waals surface area contributed by atoms with E-state index in [1.54, 1.807) is 13.1 Å². The predicted octanol–water partition coefficient (Wildman–Crippen LogP) is 2.67. The van der Waals surface area contributed by atoms with Gasteiger partial charge in [-0.15, -0.1) is 0 Å². The molecule has 2 rings (SSSR count). The summed E-state index contributed by atoms with van der Waals surface area (Å²) in [5.41, 5.74) is -0.500. The van der Waals surface area contributed by atoms with Crippen LogP contribution in [0.25, 0.3) is 0 Å². The molecule has 2 heterocycles. The lowest BCUT2D eigenvalue weighted by molar-refractivity contribution is 0.0500. The second-order valence-corrected chi connectivity index (χ2v) is 6.94. The first-order valence-electron chi connectivity index (χ1n) is 7.73. The normalized spacial score (nSPS) is 18.5. The molecule has 0 radical (unpaired) electrons. The van der Waals surface area contributed by atoms with Crippen LogP contribution in [-0.2, 0) is 4.74 Å². The lowest BCUT2D eigenvalue weighted by atomic mass is 10.1. The van der Waals surface area contributed by atoms with Crippen LogP contribution in [0.2, 0.25) is 5.15 Å². The molecule has 1 aromatic rings. The fraction of sp³-hybridized carbons (Fsp3) is 0.667. The molecule has 1 fully saturated rings. The number of carbonyl (C=O) groups excluding carboxylic acids is 1. The van der Waals surface area contributed by atoms with Crippen molar-refractivity contribution in [2.24, 2.45) is 0 Å². The highest BCUT2D eigenvalue weighted by molar-refractivity contribution is 6.29. The molecule has 1 atom stereocenters. The smallest absolute Gasteiger partial charge is 0.407 e. The van der Waals surface area contributed by atoms with Gasteiger partial charge in [-0.2, -0.15) is 4.98 Å². The quantitative estimate of drug-likeness (QED) is 0.823. The van der Waals surface area contributed by atoms with Gasteiger partial charge in [0.25, 0.3) is 0 Å². The van der Waals surface area contributed by atoms with Crippen LogP contribution in [0.5, 0.6) is 0 Å². The molecule has 1 aliphatic heterocycles. The van der Waals surface area contributed by atoms with E-state index >= 15 is 0 Å². The van der Waals surface area contributed by atoms with Gasteiger partial charge < -0.3 is 20.3 Å². The number of carbonyl (C=O) groups is 1. The Balaban J connectivity index is 2.01. The van der Waals surface area contributed by atoms with Crippen LogP contribution in [0.3, 0.4) is 0 Å². The number of aromatic nitrogens is 2. The number of hydrogen-bond donors (Lipinski definition) is 2. The maximum atomic E-state index is 11.9. The summed E-state index contributed by atoms with van der Waals surface area (Å²) in [4.78, 5) is 22.5. The van der Waals surface area contributed by atoms with E-state index in [2.05, 4.69) is 25.5 Å². The lowest BCUT2D eigenvalue weighted by Crippen LogP contribution is -2.49. The minimum atomic E-state index is -0.500. The average molecular weight is 342 g/mol. The van der Waals surface area contributed by atoms with Crippen molar-refractivity contribution < 1.29 is 9.53 Å². The molecule has 7 nitrogen and oxygen atoms in total. The van der Waals surface area contributed by atoms with Crippen LogP contribution >= 0.6 is 11.6 Å². The number of anilines is 2. The van der Waals surface area contributed by atoms with Crippen molar-refractivity contribution in [1.82, 2.24) is 15.3 Å². The van der Waals surface area contributed by atoms with E-state index in [-0.39, 0.29) is 12.1 Å². The van der Waals surface area contributed by atoms with Crippen molar-refractivity contribution >= 4 is 29.5 Å². The number of nitrogens with one attached hydrogen (secondary N) is 2. The molecule has 1 aromatic heterocycles. The number of nitrogens with zero attached hydrogens (tertiary/aromatic N) is 3. The first-order chi connectivity index (χ1) is 10.8. The maximum Gasteiger partial charge on any atom is 0.407 e. The van der Waals surface area contributed by atoms with Crippen LogP contribution in [0.1, 0.15) is 33.6 Å². The zero-order valence-corrected chi connectivity index (χ0v) is 14.8. The van der Waals surface area contributed by atoms with Gasteiger partial charge in [-0.05, 0) is 33.6 Å². The fourth-order valence-electron chi connectivity index (χ4n) is 2.46. The van der Waals surface area contributed by atoms with Crippen LogP contribution < -0.4 is 15.5 Å². The Bertz CT molecular complexity index is 561. The number of halogens is 1. The van der Waals surface area contributed by atoms with Crippen LogP contribution in [0.15, 0.2) is 6.07 Å². The van der Waals surface area contributed by atoms with E-state index in [4.69, 9.17) is 16.3 Å². The highest BCUT2D eigenvalue weighted by Crippen LogP contribution is 2.22. The number of piperidine rings is 1. The summed E-state index contributed by atoms with van der Waals surface area (Å²) in [6.07, 6.45) is 1.48. The van der Waals surface area contributed by atoms with Gasteiger partial charge in [-0.25, -0.2) is 9.78 Å². The summed E-state index contributed by atoms with van der Waals surface area (Å²) in [7, 11) is 1.75. The molecule has 23 heavy (non-hydrogen) atoms. The molecule has 1 amide bonds. The van der Waals surface area contributed by atoms with Crippen molar-refractivity contribution in [3.8, 4) is 0 Å². The SMILES string of the molecule is CNc1nc(Cl)cc(N2CCCC(NC(=O)OC(C)(C)C)C2)n1. The minimum absolute atomic E-state index is 0.0189. The standard InChI is InChI=1S/C15H24ClN5O2/c1-15(2,3)23-14(22)18-10-6-5-7-21(9-10)12-8-11(16)19-13(17-4)20-12/h8,10H,5-7,9H2,1-4H3,(H,18,22)(H,17,19,20). The highest BCUT2D eigenvalue weighted by Gasteiger charge is 2.25. The molecule has 0 saturated carbocycles. The third kappa shape index (κ3) is 5.42. The maximum absolute atomic E-state index is 11.9. The van der Waals surface area contributed by atoms with Gasteiger partial charge in [-0.3, -0.25) is 0 Å². The number of alkyl carbamates (subject to hydrolysis) is 1. The zero-order valence-electron chi connectivity index (χ0n) is 14.0. The van der Waals surface area contributed by atoms with Gasteiger partial charge in [-0.1, -0.05) is 11.6 Å². The molecule has 2 N–H and O–H groups in total. The zero-order chi connectivity index (χ0) is 17.0. The van der Waals surface area contributed by atoms with Crippen LogP contribution in [0, 0.1) is 0 Å². The Hall–Kier alpha value is -1.76. The largest absolute Gasteiger partial charge is 0.444 e. The van der Waals surface area contributed by atoms with Gasteiger partial charge in [0.15, 0.2) is 0 Å². The Morgan fingerprint density at radius 1 is 1.43 bits per heavy atom. The Morgan fingerprint density at radius 2 is 2.17 bits per heavy atom. The predicted molar refractivity (Wildman–Crippen MR) is 91.2 cm³/mol. The van der Waals surface area contributed by atoms with E-state index in [0.29, 0.717) is 17.6 Å². The topological polar surface area (TPSA) is 79.4 Å². The molecular weight excluding hydrogens is 318 g/mol. The summed E-state index contributed by atoms with van der Waals surface area (Å²) in [6.45, 7) is 7.07. The highest BCUT2D eigenvalue weighted by atomic mass is 35.5.